The van der Waals surface area contributed by atoms with Crippen LogP contribution in [0.25, 0.3) is 22.1 Å². The summed E-state index contributed by atoms with van der Waals surface area (Å²) in [6.07, 6.45) is 0. The number of benzene rings is 2. The van der Waals surface area contributed by atoms with Gasteiger partial charge in [-0.25, -0.2) is 0 Å². The Morgan fingerprint density at radius 2 is 0.821 bits per heavy atom. The van der Waals surface area contributed by atoms with Crippen molar-refractivity contribution in [3.05, 3.63) is 48.5 Å². The lowest BCUT2D eigenvalue weighted by Gasteiger charge is -2.41. The summed E-state index contributed by atoms with van der Waals surface area (Å²) < 4.78 is 0. The van der Waals surface area contributed by atoms with E-state index in [1.165, 1.54) is 0 Å². The quantitative estimate of drug-likeness (QED) is 0.510. The highest BCUT2D eigenvalue weighted by atomic mass is 15.5. The lowest BCUT2D eigenvalue weighted by molar-refractivity contribution is 0.0560. The first kappa shape index (κ1) is 18.6. The fourth-order valence-corrected chi connectivity index (χ4v) is 3.82. The molecule has 2 atom stereocenters. The van der Waals surface area contributed by atoms with Gasteiger partial charge in [-0.2, -0.15) is 30.0 Å². The molecule has 0 aliphatic rings. The Hall–Kier alpha value is -2.76. The molecule has 2 aromatic heterocycles. The zero-order chi connectivity index (χ0) is 20.1. The van der Waals surface area contributed by atoms with E-state index in [1.54, 1.807) is 0 Å². The van der Waals surface area contributed by atoms with Crippen molar-refractivity contribution >= 4 is 22.1 Å². The summed E-state index contributed by atoms with van der Waals surface area (Å²) in [4.78, 5) is 3.75. The summed E-state index contributed by atoms with van der Waals surface area (Å²) in [6.45, 7) is 13.4. The summed E-state index contributed by atoms with van der Waals surface area (Å²) in [5.41, 5.74) is 3.18. The van der Waals surface area contributed by atoms with Crippen molar-refractivity contribution in [2.24, 2.45) is 11.8 Å². The molecule has 146 valence electrons. The first-order valence-electron chi connectivity index (χ1n) is 9.86. The first-order chi connectivity index (χ1) is 13.2. The average molecular weight is 377 g/mol. The highest BCUT2D eigenvalue weighted by molar-refractivity contribution is 5.73. The maximum absolute atomic E-state index is 4.74. The summed E-state index contributed by atoms with van der Waals surface area (Å²) in [5, 5.41) is 19.0. The predicted octanol–water partition coefficient (Wildman–Crippen LogP) is 4.62. The third-order valence-corrected chi connectivity index (χ3v) is 6.58. The Labute approximate surface area is 165 Å². The Kier molecular flexibility index (Phi) is 4.25. The van der Waals surface area contributed by atoms with E-state index >= 15 is 0 Å². The zero-order valence-electron chi connectivity index (χ0n) is 17.5. The number of hydrogen-bond acceptors (Lipinski definition) is 4. The van der Waals surface area contributed by atoms with Crippen LogP contribution < -0.4 is 0 Å². The standard InChI is InChI=1S/C22H28N6/c1-15(21(3,4)27-23-17-11-7-8-12-18(17)24-27)16(2)22(5,6)28-25-19-13-9-10-14-20(19)26-28/h7-16H,1-6H3. The van der Waals surface area contributed by atoms with Crippen molar-refractivity contribution in [1.29, 1.82) is 0 Å². The molecule has 0 saturated carbocycles. The van der Waals surface area contributed by atoms with Gasteiger partial charge in [0.1, 0.15) is 22.1 Å². The molecule has 2 unspecified atom stereocenters. The topological polar surface area (TPSA) is 61.4 Å². The van der Waals surface area contributed by atoms with E-state index in [4.69, 9.17) is 20.4 Å². The van der Waals surface area contributed by atoms with Gasteiger partial charge in [-0.1, -0.05) is 38.1 Å². The van der Waals surface area contributed by atoms with Crippen LogP contribution in [-0.4, -0.2) is 30.0 Å². The molecule has 0 spiro atoms. The molecule has 6 nitrogen and oxygen atoms in total. The third-order valence-electron chi connectivity index (χ3n) is 6.58. The molecule has 6 heteroatoms. The normalized spacial score (nSPS) is 15.2. The van der Waals surface area contributed by atoms with Gasteiger partial charge in [-0.05, 0) is 63.8 Å². The largest absolute Gasteiger partial charge is 0.178 e. The summed E-state index contributed by atoms with van der Waals surface area (Å²) >= 11 is 0. The molecule has 0 aliphatic heterocycles. The molecule has 0 aliphatic carbocycles. The van der Waals surface area contributed by atoms with Crippen molar-refractivity contribution in [3.8, 4) is 0 Å². The molecule has 0 radical (unpaired) electrons. The molecule has 0 fully saturated rings. The fraction of sp³-hybridized carbons (Fsp3) is 0.455. The molecule has 2 heterocycles. The number of hydrogen-bond donors (Lipinski definition) is 0. The second-order valence-corrected chi connectivity index (χ2v) is 8.84. The van der Waals surface area contributed by atoms with Crippen LogP contribution in [0.1, 0.15) is 41.5 Å². The van der Waals surface area contributed by atoms with E-state index in [0.29, 0.717) is 0 Å². The van der Waals surface area contributed by atoms with Crippen LogP contribution in [0.3, 0.4) is 0 Å². The number of fused-ring (bicyclic) bond motifs is 2. The predicted molar refractivity (Wildman–Crippen MR) is 112 cm³/mol. The van der Waals surface area contributed by atoms with Gasteiger partial charge in [0.2, 0.25) is 0 Å². The Bertz CT molecular complexity index is 964. The first-order valence-corrected chi connectivity index (χ1v) is 9.86. The highest BCUT2D eigenvalue weighted by Gasteiger charge is 2.42. The van der Waals surface area contributed by atoms with Gasteiger partial charge in [-0.15, -0.1) is 0 Å². The minimum atomic E-state index is -0.262. The van der Waals surface area contributed by atoms with Crippen LogP contribution in [0.5, 0.6) is 0 Å². The van der Waals surface area contributed by atoms with Crippen LogP contribution in [0.4, 0.5) is 0 Å². The van der Waals surface area contributed by atoms with E-state index in [9.17, 15) is 0 Å². The third kappa shape index (κ3) is 2.87. The van der Waals surface area contributed by atoms with E-state index in [2.05, 4.69) is 41.5 Å². The van der Waals surface area contributed by atoms with Gasteiger partial charge >= 0.3 is 0 Å². The van der Waals surface area contributed by atoms with E-state index in [0.717, 1.165) is 22.1 Å². The fourth-order valence-electron chi connectivity index (χ4n) is 3.82. The molecule has 4 aromatic rings. The van der Waals surface area contributed by atoms with Crippen molar-refractivity contribution in [3.63, 3.8) is 0 Å². The van der Waals surface area contributed by atoms with Crippen LogP contribution >= 0.6 is 0 Å². The molecule has 0 saturated heterocycles. The Morgan fingerprint density at radius 1 is 0.571 bits per heavy atom. The minimum Gasteiger partial charge on any atom is -0.178 e. The zero-order valence-corrected chi connectivity index (χ0v) is 17.5. The Balaban J connectivity index is 1.67. The van der Waals surface area contributed by atoms with Gasteiger partial charge in [0.05, 0.1) is 11.1 Å². The molecule has 0 bridgehead atoms. The molecule has 28 heavy (non-hydrogen) atoms. The van der Waals surface area contributed by atoms with Crippen molar-refractivity contribution < 1.29 is 0 Å². The summed E-state index contributed by atoms with van der Waals surface area (Å²) in [5.74, 6) is 0.553. The van der Waals surface area contributed by atoms with Gasteiger partial charge in [0, 0.05) is 0 Å². The maximum atomic E-state index is 4.74. The van der Waals surface area contributed by atoms with E-state index in [1.807, 2.05) is 58.1 Å². The summed E-state index contributed by atoms with van der Waals surface area (Å²) in [6, 6.07) is 16.0. The molecular formula is C22H28N6. The lowest BCUT2D eigenvalue weighted by Crippen LogP contribution is -2.47. The van der Waals surface area contributed by atoms with E-state index in [-0.39, 0.29) is 22.9 Å². The molecule has 2 aromatic carbocycles. The second-order valence-electron chi connectivity index (χ2n) is 8.84. The van der Waals surface area contributed by atoms with E-state index < -0.39 is 0 Å². The van der Waals surface area contributed by atoms with Gasteiger partial charge < -0.3 is 0 Å². The number of aromatic nitrogens is 6. The van der Waals surface area contributed by atoms with Crippen LogP contribution in [-0.2, 0) is 11.1 Å². The monoisotopic (exact) mass is 376 g/mol. The van der Waals surface area contributed by atoms with Gasteiger partial charge in [0.15, 0.2) is 0 Å². The van der Waals surface area contributed by atoms with Gasteiger partial charge in [-0.3, -0.25) is 0 Å². The molecule has 0 amide bonds. The average Bonchev–Trinajstić information content (AvgIpc) is 3.31. The van der Waals surface area contributed by atoms with Crippen molar-refractivity contribution in [2.75, 3.05) is 0 Å². The SMILES string of the molecule is CC(C(C)C(C)(C)n1nc2ccccc2n1)C(C)(C)n1nc2ccccc2n1. The highest BCUT2D eigenvalue weighted by Crippen LogP contribution is 2.39. The molecular weight excluding hydrogens is 348 g/mol. The van der Waals surface area contributed by atoms with Crippen LogP contribution in [0, 0.1) is 11.8 Å². The van der Waals surface area contributed by atoms with Gasteiger partial charge in [0.25, 0.3) is 0 Å². The molecule has 4 rings (SSSR count). The maximum Gasteiger partial charge on any atom is 0.113 e. The second kappa shape index (κ2) is 6.40. The van der Waals surface area contributed by atoms with Crippen LogP contribution in [0.2, 0.25) is 0 Å². The lowest BCUT2D eigenvalue weighted by atomic mass is 9.72. The van der Waals surface area contributed by atoms with Crippen LogP contribution in [0.15, 0.2) is 48.5 Å². The Morgan fingerprint density at radius 3 is 1.07 bits per heavy atom. The number of nitrogens with zero attached hydrogens (tertiary/aromatic N) is 6. The summed E-state index contributed by atoms with van der Waals surface area (Å²) in [7, 11) is 0. The molecule has 0 N–H and O–H groups in total. The number of rotatable bonds is 5. The minimum absolute atomic E-state index is 0.262. The van der Waals surface area contributed by atoms with Crippen molar-refractivity contribution in [2.45, 2.75) is 52.6 Å². The smallest absolute Gasteiger partial charge is 0.113 e. The van der Waals surface area contributed by atoms with Crippen molar-refractivity contribution in [1.82, 2.24) is 30.0 Å².